The van der Waals surface area contributed by atoms with E-state index >= 15 is 0 Å². The van der Waals surface area contributed by atoms with Crippen molar-refractivity contribution in [1.82, 2.24) is 0 Å². The summed E-state index contributed by atoms with van der Waals surface area (Å²) in [4.78, 5) is 5.68. The van der Waals surface area contributed by atoms with E-state index in [-0.39, 0.29) is 0 Å². The Bertz CT molecular complexity index is 396. The lowest BCUT2D eigenvalue weighted by molar-refractivity contribution is 1.19. The first-order valence-electron chi connectivity index (χ1n) is 4.45. The molecule has 2 heterocycles. The highest BCUT2D eigenvalue weighted by Crippen LogP contribution is 2.33. The van der Waals surface area contributed by atoms with Gasteiger partial charge in [-0.15, -0.1) is 22.7 Å². The summed E-state index contributed by atoms with van der Waals surface area (Å²) in [5.74, 6) is 0. The van der Waals surface area contributed by atoms with E-state index in [1.54, 1.807) is 0 Å². The summed E-state index contributed by atoms with van der Waals surface area (Å²) < 4.78 is 0. The van der Waals surface area contributed by atoms with E-state index in [0.717, 1.165) is 6.42 Å². The summed E-state index contributed by atoms with van der Waals surface area (Å²) in [6.07, 6.45) is 1.15. The van der Waals surface area contributed by atoms with Gasteiger partial charge in [-0.25, -0.2) is 0 Å². The Balaban J connectivity index is 2.35. The fourth-order valence-corrected chi connectivity index (χ4v) is 3.17. The van der Waals surface area contributed by atoms with E-state index in [9.17, 15) is 0 Å². The molecule has 0 fully saturated rings. The van der Waals surface area contributed by atoms with Crippen LogP contribution in [0.5, 0.6) is 0 Å². The highest BCUT2D eigenvalue weighted by Gasteiger charge is 2.03. The van der Waals surface area contributed by atoms with Gasteiger partial charge in [-0.2, -0.15) is 0 Å². The van der Waals surface area contributed by atoms with Gasteiger partial charge in [-0.3, -0.25) is 0 Å². The summed E-state index contributed by atoms with van der Waals surface area (Å²) >= 11 is 3.78. The lowest BCUT2D eigenvalue weighted by Gasteiger charge is -1.88. The fraction of sp³-hybridized carbons (Fsp3) is 0.273. The SMILES string of the molecule is CCc1ccc(-c2ccc(C)s2)s1. The van der Waals surface area contributed by atoms with Crippen molar-refractivity contribution in [2.75, 3.05) is 0 Å². The van der Waals surface area contributed by atoms with Crippen molar-refractivity contribution >= 4 is 22.7 Å². The quantitative estimate of drug-likeness (QED) is 0.688. The van der Waals surface area contributed by atoms with Gasteiger partial charge >= 0.3 is 0 Å². The fourth-order valence-electron chi connectivity index (χ4n) is 1.27. The van der Waals surface area contributed by atoms with Crippen LogP contribution in [-0.2, 0) is 6.42 Å². The van der Waals surface area contributed by atoms with E-state index in [1.807, 2.05) is 22.7 Å². The number of hydrogen-bond acceptors (Lipinski definition) is 2. The summed E-state index contributed by atoms with van der Waals surface area (Å²) in [6, 6.07) is 8.86. The molecule has 0 aliphatic rings. The zero-order chi connectivity index (χ0) is 9.26. The molecule has 68 valence electrons. The Morgan fingerprint density at radius 1 is 1.00 bits per heavy atom. The number of thiophene rings is 2. The van der Waals surface area contributed by atoms with Crippen LogP contribution >= 0.6 is 22.7 Å². The monoisotopic (exact) mass is 208 g/mol. The van der Waals surface area contributed by atoms with Gasteiger partial charge in [-0.1, -0.05) is 6.92 Å². The van der Waals surface area contributed by atoms with Crippen LogP contribution in [0.25, 0.3) is 9.75 Å². The normalized spacial score (nSPS) is 10.6. The number of rotatable bonds is 2. The minimum Gasteiger partial charge on any atom is -0.140 e. The molecule has 0 bridgehead atoms. The Kier molecular flexibility index (Phi) is 2.51. The molecule has 2 aromatic heterocycles. The van der Waals surface area contributed by atoms with Crippen LogP contribution in [0.15, 0.2) is 24.3 Å². The topological polar surface area (TPSA) is 0 Å². The van der Waals surface area contributed by atoms with Crippen LogP contribution in [0.2, 0.25) is 0 Å². The second-order valence-electron chi connectivity index (χ2n) is 3.03. The molecule has 0 spiro atoms. The van der Waals surface area contributed by atoms with Gasteiger partial charge in [0.05, 0.1) is 0 Å². The highest BCUT2D eigenvalue weighted by molar-refractivity contribution is 7.22. The third-order valence-electron chi connectivity index (χ3n) is 1.99. The average molecular weight is 208 g/mol. The average Bonchev–Trinajstić information content (AvgIpc) is 2.71. The minimum atomic E-state index is 1.15. The Hall–Kier alpha value is -0.600. The number of hydrogen-bond donors (Lipinski definition) is 0. The third-order valence-corrected chi connectivity index (χ3v) is 4.42. The first-order valence-corrected chi connectivity index (χ1v) is 6.08. The van der Waals surface area contributed by atoms with Gasteiger partial charge in [-0.05, 0) is 37.6 Å². The molecule has 0 radical (unpaired) electrons. The molecular weight excluding hydrogens is 196 g/mol. The Labute approximate surface area is 86.9 Å². The summed E-state index contributed by atoms with van der Waals surface area (Å²) in [5.41, 5.74) is 0. The minimum absolute atomic E-state index is 1.15. The first-order chi connectivity index (χ1) is 6.29. The van der Waals surface area contributed by atoms with Crippen molar-refractivity contribution in [2.45, 2.75) is 20.3 Å². The zero-order valence-corrected chi connectivity index (χ0v) is 9.47. The molecule has 0 saturated carbocycles. The maximum atomic E-state index is 2.23. The molecule has 0 aromatic carbocycles. The van der Waals surface area contributed by atoms with E-state index in [0.29, 0.717) is 0 Å². The maximum Gasteiger partial charge on any atom is 0.0445 e. The third kappa shape index (κ3) is 1.84. The van der Waals surface area contributed by atoms with Gasteiger partial charge < -0.3 is 0 Å². The molecule has 2 rings (SSSR count). The Morgan fingerprint density at radius 3 is 2.23 bits per heavy atom. The van der Waals surface area contributed by atoms with E-state index in [2.05, 4.69) is 38.1 Å². The molecule has 0 atom stereocenters. The van der Waals surface area contributed by atoms with Crippen molar-refractivity contribution in [2.24, 2.45) is 0 Å². The molecule has 0 N–H and O–H groups in total. The molecule has 0 aliphatic carbocycles. The van der Waals surface area contributed by atoms with E-state index in [1.165, 1.54) is 19.5 Å². The second-order valence-corrected chi connectivity index (χ2v) is 5.49. The molecular formula is C11H12S2. The largest absolute Gasteiger partial charge is 0.140 e. The van der Waals surface area contributed by atoms with Crippen molar-refractivity contribution < 1.29 is 0 Å². The lowest BCUT2D eigenvalue weighted by Crippen LogP contribution is -1.63. The number of aryl methyl sites for hydroxylation is 2. The maximum absolute atomic E-state index is 2.23. The van der Waals surface area contributed by atoms with Crippen LogP contribution in [0, 0.1) is 6.92 Å². The van der Waals surface area contributed by atoms with Crippen LogP contribution in [0.4, 0.5) is 0 Å². The van der Waals surface area contributed by atoms with Gasteiger partial charge in [0.15, 0.2) is 0 Å². The summed E-state index contributed by atoms with van der Waals surface area (Å²) in [7, 11) is 0. The van der Waals surface area contributed by atoms with Crippen LogP contribution in [0.1, 0.15) is 16.7 Å². The van der Waals surface area contributed by atoms with Gasteiger partial charge in [0.2, 0.25) is 0 Å². The summed E-state index contributed by atoms with van der Waals surface area (Å²) in [5, 5.41) is 0. The molecule has 0 unspecified atom stereocenters. The van der Waals surface area contributed by atoms with Crippen LogP contribution < -0.4 is 0 Å². The molecule has 0 amide bonds. The van der Waals surface area contributed by atoms with E-state index < -0.39 is 0 Å². The Morgan fingerprint density at radius 2 is 1.69 bits per heavy atom. The zero-order valence-electron chi connectivity index (χ0n) is 7.83. The second kappa shape index (κ2) is 3.64. The first kappa shape index (κ1) is 8.97. The van der Waals surface area contributed by atoms with Crippen molar-refractivity contribution in [1.29, 1.82) is 0 Å². The molecule has 0 saturated heterocycles. The molecule has 2 heteroatoms. The van der Waals surface area contributed by atoms with Crippen LogP contribution in [-0.4, -0.2) is 0 Å². The van der Waals surface area contributed by atoms with Gasteiger partial charge in [0, 0.05) is 19.5 Å². The standard InChI is InChI=1S/C11H12S2/c1-3-9-5-7-11(13-9)10-6-4-8(2)12-10/h4-7H,3H2,1-2H3. The van der Waals surface area contributed by atoms with Gasteiger partial charge in [0.25, 0.3) is 0 Å². The predicted molar refractivity (Wildman–Crippen MR) is 61.7 cm³/mol. The summed E-state index contributed by atoms with van der Waals surface area (Å²) in [6.45, 7) is 4.36. The molecule has 13 heavy (non-hydrogen) atoms. The van der Waals surface area contributed by atoms with Crippen molar-refractivity contribution in [3.63, 3.8) is 0 Å². The predicted octanol–water partition coefficient (Wildman–Crippen LogP) is 4.35. The van der Waals surface area contributed by atoms with Gasteiger partial charge in [0.1, 0.15) is 0 Å². The molecule has 0 aliphatic heterocycles. The highest BCUT2D eigenvalue weighted by atomic mass is 32.1. The smallest absolute Gasteiger partial charge is 0.0445 e. The lowest BCUT2D eigenvalue weighted by atomic mass is 10.3. The van der Waals surface area contributed by atoms with Crippen molar-refractivity contribution in [3.05, 3.63) is 34.0 Å². The van der Waals surface area contributed by atoms with Crippen LogP contribution in [0.3, 0.4) is 0 Å². The molecule has 0 nitrogen and oxygen atoms in total. The van der Waals surface area contributed by atoms with E-state index in [4.69, 9.17) is 0 Å². The van der Waals surface area contributed by atoms with Crippen molar-refractivity contribution in [3.8, 4) is 9.75 Å². The molecule has 2 aromatic rings.